The lowest BCUT2D eigenvalue weighted by atomic mass is 9.86. The van der Waals surface area contributed by atoms with Crippen LogP contribution in [0.1, 0.15) is 25.7 Å². The number of urea groups is 1. The van der Waals surface area contributed by atoms with Crippen molar-refractivity contribution < 1.29 is 4.79 Å². The van der Waals surface area contributed by atoms with E-state index in [1.54, 1.807) is 0 Å². The SMILES string of the molecule is C=C1CCC(CNC(N)=O)CC1. The maximum Gasteiger partial charge on any atom is 0.312 e. The third-order valence-electron chi connectivity index (χ3n) is 2.38. The van der Waals surface area contributed by atoms with Gasteiger partial charge in [-0.15, -0.1) is 0 Å². The molecule has 68 valence electrons. The number of primary amides is 1. The standard InChI is InChI=1S/C9H16N2O/c1-7-2-4-8(5-3-7)6-11-9(10)12/h8H,1-6H2,(H3,10,11,12). The monoisotopic (exact) mass is 168 g/mol. The number of allylic oxidation sites excluding steroid dienone is 1. The van der Waals surface area contributed by atoms with Crippen LogP contribution in [0, 0.1) is 5.92 Å². The second-order valence-electron chi connectivity index (χ2n) is 3.44. The Morgan fingerprint density at radius 2 is 2.17 bits per heavy atom. The van der Waals surface area contributed by atoms with Gasteiger partial charge in [-0.2, -0.15) is 0 Å². The van der Waals surface area contributed by atoms with Crippen molar-refractivity contribution in [2.75, 3.05) is 6.54 Å². The number of nitrogens with one attached hydrogen (secondary N) is 1. The van der Waals surface area contributed by atoms with Crippen LogP contribution >= 0.6 is 0 Å². The Balaban J connectivity index is 2.17. The van der Waals surface area contributed by atoms with Gasteiger partial charge < -0.3 is 11.1 Å². The highest BCUT2D eigenvalue weighted by Crippen LogP contribution is 2.26. The minimum atomic E-state index is -0.417. The van der Waals surface area contributed by atoms with Crippen molar-refractivity contribution in [2.24, 2.45) is 11.7 Å². The number of carbonyl (C=O) groups excluding carboxylic acids is 1. The van der Waals surface area contributed by atoms with E-state index in [-0.39, 0.29) is 0 Å². The van der Waals surface area contributed by atoms with Crippen molar-refractivity contribution >= 4 is 6.03 Å². The van der Waals surface area contributed by atoms with Gasteiger partial charge in [0.25, 0.3) is 0 Å². The topological polar surface area (TPSA) is 55.1 Å². The summed E-state index contributed by atoms with van der Waals surface area (Å²) in [5.41, 5.74) is 6.31. The number of rotatable bonds is 2. The van der Waals surface area contributed by atoms with Crippen molar-refractivity contribution in [1.82, 2.24) is 5.32 Å². The summed E-state index contributed by atoms with van der Waals surface area (Å²) < 4.78 is 0. The van der Waals surface area contributed by atoms with E-state index in [2.05, 4.69) is 11.9 Å². The van der Waals surface area contributed by atoms with E-state index in [9.17, 15) is 4.79 Å². The average Bonchev–Trinajstić information content (AvgIpc) is 2.03. The van der Waals surface area contributed by atoms with Gasteiger partial charge in [-0.05, 0) is 31.6 Å². The molecular formula is C9H16N2O. The number of nitrogens with two attached hydrogens (primary N) is 1. The lowest BCUT2D eigenvalue weighted by molar-refractivity contribution is 0.245. The maximum atomic E-state index is 10.4. The Kier molecular flexibility index (Phi) is 3.14. The molecule has 0 saturated heterocycles. The van der Waals surface area contributed by atoms with Crippen LogP contribution in [0.25, 0.3) is 0 Å². The van der Waals surface area contributed by atoms with E-state index >= 15 is 0 Å². The van der Waals surface area contributed by atoms with Gasteiger partial charge in [0.2, 0.25) is 0 Å². The third kappa shape index (κ3) is 2.95. The summed E-state index contributed by atoms with van der Waals surface area (Å²) in [4.78, 5) is 10.4. The number of amides is 2. The molecule has 0 heterocycles. The van der Waals surface area contributed by atoms with Crippen LogP contribution in [0.2, 0.25) is 0 Å². The molecular weight excluding hydrogens is 152 g/mol. The largest absolute Gasteiger partial charge is 0.352 e. The fraction of sp³-hybridized carbons (Fsp3) is 0.667. The zero-order valence-corrected chi connectivity index (χ0v) is 7.31. The summed E-state index contributed by atoms with van der Waals surface area (Å²) in [5.74, 6) is 0.600. The van der Waals surface area contributed by atoms with Crippen molar-refractivity contribution in [3.8, 4) is 0 Å². The average molecular weight is 168 g/mol. The summed E-state index contributed by atoms with van der Waals surface area (Å²) >= 11 is 0. The fourth-order valence-corrected chi connectivity index (χ4v) is 1.53. The van der Waals surface area contributed by atoms with Gasteiger partial charge >= 0.3 is 6.03 Å². The first-order valence-corrected chi connectivity index (χ1v) is 4.38. The highest BCUT2D eigenvalue weighted by molar-refractivity contribution is 5.71. The molecule has 0 radical (unpaired) electrons. The van der Waals surface area contributed by atoms with E-state index in [0.717, 1.165) is 32.2 Å². The van der Waals surface area contributed by atoms with Gasteiger partial charge in [-0.25, -0.2) is 4.79 Å². The minimum absolute atomic E-state index is 0.417. The van der Waals surface area contributed by atoms with Gasteiger partial charge in [0.05, 0.1) is 0 Å². The number of hydrogen-bond acceptors (Lipinski definition) is 1. The number of carbonyl (C=O) groups is 1. The van der Waals surface area contributed by atoms with Crippen molar-refractivity contribution in [1.29, 1.82) is 0 Å². The van der Waals surface area contributed by atoms with Crippen LogP contribution in [-0.4, -0.2) is 12.6 Å². The second kappa shape index (κ2) is 4.14. The number of hydrogen-bond donors (Lipinski definition) is 2. The molecule has 1 aliphatic rings. The lowest BCUT2D eigenvalue weighted by Gasteiger charge is -2.22. The Morgan fingerprint density at radius 3 is 2.67 bits per heavy atom. The van der Waals surface area contributed by atoms with Crippen molar-refractivity contribution in [3.05, 3.63) is 12.2 Å². The van der Waals surface area contributed by atoms with E-state index in [1.807, 2.05) is 0 Å². The first-order chi connectivity index (χ1) is 5.68. The van der Waals surface area contributed by atoms with Crippen LogP contribution in [0.5, 0.6) is 0 Å². The van der Waals surface area contributed by atoms with Crippen LogP contribution in [0.15, 0.2) is 12.2 Å². The Hall–Kier alpha value is -0.990. The molecule has 12 heavy (non-hydrogen) atoms. The van der Waals surface area contributed by atoms with Gasteiger partial charge in [0.1, 0.15) is 0 Å². The first kappa shape index (κ1) is 9.10. The molecule has 1 saturated carbocycles. The predicted molar refractivity (Wildman–Crippen MR) is 48.7 cm³/mol. The van der Waals surface area contributed by atoms with E-state index in [1.165, 1.54) is 5.57 Å². The Labute approximate surface area is 73.0 Å². The van der Waals surface area contributed by atoms with Crippen molar-refractivity contribution in [3.63, 3.8) is 0 Å². The quantitative estimate of drug-likeness (QED) is 0.602. The molecule has 0 aromatic carbocycles. The smallest absolute Gasteiger partial charge is 0.312 e. The molecule has 0 unspecified atom stereocenters. The zero-order valence-electron chi connectivity index (χ0n) is 7.31. The molecule has 0 bridgehead atoms. The summed E-state index contributed by atoms with van der Waals surface area (Å²) in [7, 11) is 0. The Morgan fingerprint density at radius 1 is 1.58 bits per heavy atom. The molecule has 3 N–H and O–H groups in total. The lowest BCUT2D eigenvalue weighted by Crippen LogP contribution is -2.34. The zero-order chi connectivity index (χ0) is 8.97. The molecule has 3 heteroatoms. The van der Waals surface area contributed by atoms with Crippen LogP contribution in [-0.2, 0) is 0 Å². The molecule has 0 atom stereocenters. The maximum absolute atomic E-state index is 10.4. The molecule has 0 spiro atoms. The summed E-state index contributed by atoms with van der Waals surface area (Å²) in [5, 5.41) is 2.64. The van der Waals surface area contributed by atoms with Crippen molar-refractivity contribution in [2.45, 2.75) is 25.7 Å². The predicted octanol–water partition coefficient (Wildman–Crippen LogP) is 1.40. The van der Waals surface area contributed by atoms with E-state index in [4.69, 9.17) is 5.73 Å². The summed E-state index contributed by atoms with van der Waals surface area (Å²) in [6.07, 6.45) is 4.48. The van der Waals surface area contributed by atoms with E-state index < -0.39 is 6.03 Å². The van der Waals surface area contributed by atoms with Crippen LogP contribution in [0.3, 0.4) is 0 Å². The van der Waals surface area contributed by atoms with Gasteiger partial charge in [0, 0.05) is 6.54 Å². The first-order valence-electron chi connectivity index (χ1n) is 4.38. The van der Waals surface area contributed by atoms with Gasteiger partial charge in [-0.3, -0.25) is 0 Å². The third-order valence-corrected chi connectivity index (χ3v) is 2.38. The molecule has 1 fully saturated rings. The van der Waals surface area contributed by atoms with Gasteiger partial charge in [0.15, 0.2) is 0 Å². The Bertz CT molecular complexity index is 179. The molecule has 0 aromatic heterocycles. The highest BCUT2D eigenvalue weighted by atomic mass is 16.2. The fourth-order valence-electron chi connectivity index (χ4n) is 1.53. The molecule has 0 aromatic rings. The second-order valence-corrected chi connectivity index (χ2v) is 3.44. The highest BCUT2D eigenvalue weighted by Gasteiger charge is 2.15. The molecule has 1 aliphatic carbocycles. The molecule has 3 nitrogen and oxygen atoms in total. The molecule has 2 amide bonds. The summed E-state index contributed by atoms with van der Waals surface area (Å²) in [6.45, 7) is 4.66. The summed E-state index contributed by atoms with van der Waals surface area (Å²) in [6, 6.07) is -0.417. The van der Waals surface area contributed by atoms with E-state index in [0.29, 0.717) is 5.92 Å². The normalized spacial score (nSPS) is 19.2. The van der Waals surface area contributed by atoms with Gasteiger partial charge in [-0.1, -0.05) is 12.2 Å². The van der Waals surface area contributed by atoms with Crippen LogP contribution in [0.4, 0.5) is 4.79 Å². The minimum Gasteiger partial charge on any atom is -0.352 e. The van der Waals surface area contributed by atoms with Crippen LogP contribution < -0.4 is 11.1 Å². The molecule has 1 rings (SSSR count). The molecule has 0 aliphatic heterocycles.